The molecule has 0 aliphatic carbocycles. The molecule has 0 unspecified atom stereocenters. The topological polar surface area (TPSA) is 48.7 Å². The third-order valence-corrected chi connectivity index (χ3v) is 4.28. The van der Waals surface area contributed by atoms with Crippen LogP contribution in [0.2, 0.25) is 0 Å². The van der Waals surface area contributed by atoms with Crippen molar-refractivity contribution in [2.75, 3.05) is 14.2 Å². The predicted molar refractivity (Wildman–Crippen MR) is 98.3 cm³/mol. The van der Waals surface area contributed by atoms with Gasteiger partial charge in [-0.05, 0) is 42.0 Å². The standard InChI is InChI=1S/C21H16O4/c1-23-14-8-6-13(7-9-14)12-19-21(22)16-10-11-17(24-2)15-4-3-5-18(25-19)20(15)16/h3-12H,1-2H3. The fourth-order valence-corrected chi connectivity index (χ4v) is 3.04. The molecule has 0 radical (unpaired) electrons. The Balaban J connectivity index is 2.01. The largest absolute Gasteiger partial charge is 0.497 e. The van der Waals surface area contributed by atoms with Gasteiger partial charge in [0.2, 0.25) is 5.43 Å². The Kier molecular flexibility index (Phi) is 3.65. The van der Waals surface area contributed by atoms with E-state index in [-0.39, 0.29) is 5.43 Å². The summed E-state index contributed by atoms with van der Waals surface area (Å²) in [6, 6.07) is 16.7. The monoisotopic (exact) mass is 332 g/mol. The van der Waals surface area contributed by atoms with E-state index in [0.29, 0.717) is 16.4 Å². The first-order valence-electron chi connectivity index (χ1n) is 7.89. The van der Waals surface area contributed by atoms with E-state index in [9.17, 15) is 4.79 Å². The Hall–Kier alpha value is -3.27. The van der Waals surface area contributed by atoms with E-state index < -0.39 is 0 Å². The molecule has 0 atom stereocenters. The first-order valence-corrected chi connectivity index (χ1v) is 7.89. The lowest BCUT2D eigenvalue weighted by molar-refractivity contribution is 0.415. The second kappa shape index (κ2) is 5.98. The van der Waals surface area contributed by atoms with Crippen LogP contribution in [0.3, 0.4) is 0 Å². The zero-order chi connectivity index (χ0) is 17.4. The lowest BCUT2D eigenvalue weighted by Gasteiger charge is -2.08. The highest BCUT2D eigenvalue weighted by molar-refractivity contribution is 6.09. The van der Waals surface area contributed by atoms with E-state index >= 15 is 0 Å². The highest BCUT2D eigenvalue weighted by atomic mass is 16.5. The molecule has 25 heavy (non-hydrogen) atoms. The molecule has 4 heteroatoms. The van der Waals surface area contributed by atoms with Gasteiger partial charge in [0.15, 0.2) is 5.42 Å². The van der Waals surface area contributed by atoms with E-state index in [4.69, 9.17) is 13.9 Å². The van der Waals surface area contributed by atoms with Crippen molar-refractivity contribution in [1.82, 2.24) is 0 Å². The molecule has 1 heterocycles. The summed E-state index contributed by atoms with van der Waals surface area (Å²) < 4.78 is 16.4. The highest BCUT2D eigenvalue weighted by Gasteiger charge is 2.12. The molecule has 0 fully saturated rings. The first-order chi connectivity index (χ1) is 12.2. The van der Waals surface area contributed by atoms with Gasteiger partial charge in [0.05, 0.1) is 14.2 Å². The van der Waals surface area contributed by atoms with Crippen LogP contribution in [0.15, 0.2) is 63.8 Å². The Morgan fingerprint density at radius 1 is 0.880 bits per heavy atom. The van der Waals surface area contributed by atoms with Gasteiger partial charge in [-0.3, -0.25) is 4.79 Å². The summed E-state index contributed by atoms with van der Waals surface area (Å²) in [5, 5.41) is 2.28. The molecule has 124 valence electrons. The molecular formula is C21H16O4. The molecule has 0 aliphatic heterocycles. The van der Waals surface area contributed by atoms with E-state index in [0.717, 1.165) is 27.8 Å². The number of methoxy groups -OCH3 is 2. The summed E-state index contributed by atoms with van der Waals surface area (Å²) in [5.41, 5.74) is 1.69. The van der Waals surface area contributed by atoms with Crippen LogP contribution in [0.4, 0.5) is 0 Å². The third-order valence-electron chi connectivity index (χ3n) is 4.28. The maximum atomic E-state index is 12.9. The van der Waals surface area contributed by atoms with Crippen LogP contribution in [0.1, 0.15) is 5.56 Å². The minimum Gasteiger partial charge on any atom is -0.497 e. The minimum absolute atomic E-state index is 0.137. The number of ether oxygens (including phenoxy) is 2. The molecule has 0 bridgehead atoms. The van der Waals surface area contributed by atoms with Crippen molar-refractivity contribution in [3.05, 3.63) is 75.8 Å². The van der Waals surface area contributed by atoms with Crippen molar-refractivity contribution >= 4 is 27.8 Å². The molecule has 4 rings (SSSR count). The number of hydrogen-bond acceptors (Lipinski definition) is 4. The first kappa shape index (κ1) is 15.3. The van der Waals surface area contributed by atoms with Crippen LogP contribution in [0.5, 0.6) is 11.5 Å². The van der Waals surface area contributed by atoms with Crippen molar-refractivity contribution in [3.8, 4) is 11.5 Å². The lowest BCUT2D eigenvalue weighted by Crippen LogP contribution is -2.24. The van der Waals surface area contributed by atoms with E-state index in [1.165, 1.54) is 0 Å². The summed E-state index contributed by atoms with van der Waals surface area (Å²) in [6.45, 7) is 0. The maximum Gasteiger partial charge on any atom is 0.228 e. The van der Waals surface area contributed by atoms with Gasteiger partial charge in [0, 0.05) is 16.2 Å². The van der Waals surface area contributed by atoms with Crippen LogP contribution in [-0.4, -0.2) is 14.2 Å². The smallest absolute Gasteiger partial charge is 0.228 e. The van der Waals surface area contributed by atoms with Crippen LogP contribution >= 0.6 is 0 Å². The van der Waals surface area contributed by atoms with Crippen molar-refractivity contribution in [2.24, 2.45) is 0 Å². The Morgan fingerprint density at radius 3 is 2.40 bits per heavy atom. The molecule has 4 aromatic rings. The molecule has 0 spiro atoms. The van der Waals surface area contributed by atoms with Gasteiger partial charge in [0.25, 0.3) is 0 Å². The van der Waals surface area contributed by atoms with E-state index in [1.807, 2.05) is 48.5 Å². The van der Waals surface area contributed by atoms with Crippen LogP contribution < -0.4 is 20.3 Å². The summed E-state index contributed by atoms with van der Waals surface area (Å²) in [6.07, 6.45) is 1.74. The summed E-state index contributed by atoms with van der Waals surface area (Å²) >= 11 is 0. The van der Waals surface area contributed by atoms with Gasteiger partial charge >= 0.3 is 0 Å². The minimum atomic E-state index is -0.137. The molecule has 0 aliphatic rings. The normalized spacial score (nSPS) is 12.0. The Morgan fingerprint density at radius 2 is 1.68 bits per heavy atom. The molecule has 0 saturated heterocycles. The van der Waals surface area contributed by atoms with Crippen molar-refractivity contribution in [2.45, 2.75) is 0 Å². The Labute approximate surface area is 143 Å². The van der Waals surface area contributed by atoms with Crippen LogP contribution in [0.25, 0.3) is 27.8 Å². The number of benzene rings is 3. The zero-order valence-electron chi connectivity index (χ0n) is 13.9. The zero-order valence-corrected chi connectivity index (χ0v) is 13.9. The second-order valence-corrected chi connectivity index (χ2v) is 5.71. The third kappa shape index (κ3) is 2.52. The summed E-state index contributed by atoms with van der Waals surface area (Å²) in [7, 11) is 3.23. The molecule has 1 aromatic heterocycles. The average Bonchev–Trinajstić information content (AvgIpc) is 2.66. The summed E-state index contributed by atoms with van der Waals surface area (Å²) in [5.74, 6) is 1.49. The Bertz CT molecular complexity index is 1170. The van der Waals surface area contributed by atoms with Gasteiger partial charge in [-0.1, -0.05) is 24.3 Å². The molecule has 4 nitrogen and oxygen atoms in total. The molecular weight excluding hydrogens is 316 g/mol. The molecule has 0 amide bonds. The van der Waals surface area contributed by atoms with Gasteiger partial charge < -0.3 is 13.9 Å². The fourth-order valence-electron chi connectivity index (χ4n) is 3.04. The van der Waals surface area contributed by atoms with E-state index in [1.54, 1.807) is 26.4 Å². The van der Waals surface area contributed by atoms with Gasteiger partial charge in [-0.15, -0.1) is 0 Å². The summed E-state index contributed by atoms with van der Waals surface area (Å²) in [4.78, 5) is 12.9. The van der Waals surface area contributed by atoms with Crippen molar-refractivity contribution in [1.29, 1.82) is 0 Å². The molecule has 0 saturated carbocycles. The molecule has 3 aromatic carbocycles. The average molecular weight is 332 g/mol. The van der Waals surface area contributed by atoms with Gasteiger partial charge in [0.1, 0.15) is 17.1 Å². The van der Waals surface area contributed by atoms with Crippen LogP contribution in [-0.2, 0) is 0 Å². The number of hydrogen-bond donors (Lipinski definition) is 0. The quantitative estimate of drug-likeness (QED) is 0.576. The van der Waals surface area contributed by atoms with Crippen molar-refractivity contribution in [3.63, 3.8) is 0 Å². The SMILES string of the molecule is COc1ccc(C=c2oc3cccc4c(OC)ccc(c2=O)c34)cc1. The fraction of sp³-hybridized carbons (Fsp3) is 0.0952. The number of rotatable bonds is 3. The van der Waals surface area contributed by atoms with Gasteiger partial charge in [-0.25, -0.2) is 0 Å². The highest BCUT2D eigenvalue weighted by Crippen LogP contribution is 2.31. The van der Waals surface area contributed by atoms with E-state index in [2.05, 4.69) is 0 Å². The van der Waals surface area contributed by atoms with Gasteiger partial charge in [-0.2, -0.15) is 0 Å². The van der Waals surface area contributed by atoms with Crippen molar-refractivity contribution < 1.29 is 13.9 Å². The lowest BCUT2D eigenvalue weighted by atomic mass is 10.0. The molecule has 0 N–H and O–H groups in total. The predicted octanol–water partition coefficient (Wildman–Crippen LogP) is 3.51. The second-order valence-electron chi connectivity index (χ2n) is 5.71. The van der Waals surface area contributed by atoms with Crippen LogP contribution in [0, 0.1) is 0 Å². The maximum absolute atomic E-state index is 12.9.